The van der Waals surface area contributed by atoms with E-state index in [-0.39, 0.29) is 0 Å². The first-order valence-corrected chi connectivity index (χ1v) is 5.60. The van der Waals surface area contributed by atoms with Crippen molar-refractivity contribution in [3.8, 4) is 0 Å². The highest BCUT2D eigenvalue weighted by atomic mass is 32.1. The van der Waals surface area contributed by atoms with Crippen LogP contribution in [0.5, 0.6) is 0 Å². The second kappa shape index (κ2) is 4.17. The summed E-state index contributed by atoms with van der Waals surface area (Å²) in [5.41, 5.74) is 5.82. The Balaban J connectivity index is 1.74. The van der Waals surface area contributed by atoms with Gasteiger partial charge in [0.15, 0.2) is 0 Å². The lowest BCUT2D eigenvalue weighted by Crippen LogP contribution is -2.27. The Morgan fingerprint density at radius 1 is 1.62 bits per heavy atom. The van der Waals surface area contributed by atoms with E-state index in [1.54, 1.807) is 11.3 Å². The molecule has 2 atom stereocenters. The van der Waals surface area contributed by atoms with Crippen LogP contribution in [0.15, 0.2) is 11.6 Å². The molecule has 1 saturated carbocycles. The maximum absolute atomic E-state index is 5.82. The topological polar surface area (TPSA) is 50.9 Å². The SMILES string of the molecule is NC1CCC(NCc2nccs2)C1. The van der Waals surface area contributed by atoms with Gasteiger partial charge in [0.1, 0.15) is 5.01 Å². The normalized spacial score (nSPS) is 28.1. The summed E-state index contributed by atoms with van der Waals surface area (Å²) in [4.78, 5) is 4.22. The van der Waals surface area contributed by atoms with Crippen LogP contribution in [-0.4, -0.2) is 17.1 Å². The molecule has 0 amide bonds. The van der Waals surface area contributed by atoms with Crippen LogP contribution in [0.2, 0.25) is 0 Å². The molecule has 1 fully saturated rings. The van der Waals surface area contributed by atoms with E-state index in [4.69, 9.17) is 5.73 Å². The molecule has 1 aromatic rings. The lowest BCUT2D eigenvalue weighted by molar-refractivity contribution is 0.516. The van der Waals surface area contributed by atoms with Crippen LogP contribution in [0.3, 0.4) is 0 Å². The summed E-state index contributed by atoms with van der Waals surface area (Å²) in [5.74, 6) is 0. The molecule has 0 bridgehead atoms. The summed E-state index contributed by atoms with van der Waals surface area (Å²) in [6.45, 7) is 0.898. The lowest BCUT2D eigenvalue weighted by atomic mass is 10.2. The molecule has 1 aliphatic carbocycles. The molecule has 1 aliphatic rings. The minimum absolute atomic E-state index is 0.411. The molecule has 4 heteroatoms. The van der Waals surface area contributed by atoms with Crippen molar-refractivity contribution in [3.05, 3.63) is 16.6 Å². The molecule has 2 rings (SSSR count). The van der Waals surface area contributed by atoms with Gasteiger partial charge in [-0.05, 0) is 19.3 Å². The van der Waals surface area contributed by atoms with Gasteiger partial charge in [0.25, 0.3) is 0 Å². The third-order valence-electron chi connectivity index (χ3n) is 2.50. The second-order valence-corrected chi connectivity index (χ2v) is 4.56. The van der Waals surface area contributed by atoms with Crippen LogP contribution >= 0.6 is 11.3 Å². The van der Waals surface area contributed by atoms with Crippen molar-refractivity contribution >= 4 is 11.3 Å². The Bertz CT molecular complexity index is 247. The molecule has 1 heterocycles. The van der Waals surface area contributed by atoms with Gasteiger partial charge >= 0.3 is 0 Å². The van der Waals surface area contributed by atoms with E-state index in [9.17, 15) is 0 Å². The smallest absolute Gasteiger partial charge is 0.106 e. The maximum Gasteiger partial charge on any atom is 0.106 e. The van der Waals surface area contributed by atoms with Gasteiger partial charge in [-0.3, -0.25) is 0 Å². The summed E-state index contributed by atoms with van der Waals surface area (Å²) in [5, 5.41) is 6.66. The molecule has 0 radical (unpaired) electrons. The average molecular weight is 197 g/mol. The van der Waals surface area contributed by atoms with E-state index >= 15 is 0 Å². The van der Waals surface area contributed by atoms with E-state index in [0.29, 0.717) is 12.1 Å². The van der Waals surface area contributed by atoms with Crippen molar-refractivity contribution < 1.29 is 0 Å². The molecule has 13 heavy (non-hydrogen) atoms. The van der Waals surface area contributed by atoms with Gasteiger partial charge in [-0.15, -0.1) is 11.3 Å². The van der Waals surface area contributed by atoms with E-state index in [1.165, 1.54) is 11.4 Å². The van der Waals surface area contributed by atoms with Crippen molar-refractivity contribution in [2.24, 2.45) is 5.73 Å². The molecule has 72 valence electrons. The van der Waals surface area contributed by atoms with Gasteiger partial charge in [-0.1, -0.05) is 0 Å². The Labute approximate surface area is 82.4 Å². The fourth-order valence-corrected chi connectivity index (χ4v) is 2.34. The summed E-state index contributed by atoms with van der Waals surface area (Å²) in [7, 11) is 0. The lowest BCUT2D eigenvalue weighted by Gasteiger charge is -2.10. The van der Waals surface area contributed by atoms with Gasteiger partial charge in [-0.25, -0.2) is 4.98 Å². The number of aromatic nitrogens is 1. The number of hydrogen-bond donors (Lipinski definition) is 2. The number of nitrogens with one attached hydrogen (secondary N) is 1. The summed E-state index contributed by atoms with van der Waals surface area (Å²) in [6, 6.07) is 1.02. The Hall–Kier alpha value is -0.450. The zero-order valence-corrected chi connectivity index (χ0v) is 8.39. The molecule has 1 aromatic heterocycles. The van der Waals surface area contributed by atoms with Crippen LogP contribution in [0, 0.1) is 0 Å². The third-order valence-corrected chi connectivity index (χ3v) is 3.28. The summed E-state index contributed by atoms with van der Waals surface area (Å²) in [6.07, 6.45) is 5.34. The van der Waals surface area contributed by atoms with Gasteiger partial charge in [-0.2, -0.15) is 0 Å². The van der Waals surface area contributed by atoms with Gasteiger partial charge in [0, 0.05) is 30.2 Å². The third kappa shape index (κ3) is 2.49. The number of rotatable bonds is 3. The van der Waals surface area contributed by atoms with Crippen LogP contribution in [0.4, 0.5) is 0 Å². The zero-order chi connectivity index (χ0) is 9.10. The van der Waals surface area contributed by atoms with Gasteiger partial charge in [0.05, 0.1) is 0 Å². The van der Waals surface area contributed by atoms with Crippen molar-refractivity contribution in [1.29, 1.82) is 0 Å². The fraction of sp³-hybridized carbons (Fsp3) is 0.667. The molecule has 2 unspecified atom stereocenters. The first-order valence-electron chi connectivity index (χ1n) is 4.72. The van der Waals surface area contributed by atoms with Crippen LogP contribution < -0.4 is 11.1 Å². The Morgan fingerprint density at radius 2 is 2.54 bits per heavy atom. The molecular formula is C9H15N3S. The van der Waals surface area contributed by atoms with Crippen LogP contribution in [-0.2, 0) is 6.54 Å². The predicted octanol–water partition coefficient (Wildman–Crippen LogP) is 1.11. The highest BCUT2D eigenvalue weighted by Crippen LogP contribution is 2.17. The van der Waals surface area contributed by atoms with E-state index in [1.807, 2.05) is 11.6 Å². The number of nitrogens with zero attached hydrogens (tertiary/aromatic N) is 1. The average Bonchev–Trinajstić information content (AvgIpc) is 2.71. The van der Waals surface area contributed by atoms with Crippen LogP contribution in [0.1, 0.15) is 24.3 Å². The molecule has 3 nitrogen and oxygen atoms in total. The molecule has 0 saturated heterocycles. The highest BCUT2D eigenvalue weighted by molar-refractivity contribution is 7.09. The molecule has 0 spiro atoms. The van der Waals surface area contributed by atoms with Crippen molar-refractivity contribution in [2.45, 2.75) is 37.9 Å². The molecule has 0 aromatic carbocycles. The predicted molar refractivity (Wildman–Crippen MR) is 54.6 cm³/mol. The molecule has 0 aliphatic heterocycles. The largest absolute Gasteiger partial charge is 0.328 e. The van der Waals surface area contributed by atoms with Crippen molar-refractivity contribution in [3.63, 3.8) is 0 Å². The minimum atomic E-state index is 0.411. The number of hydrogen-bond acceptors (Lipinski definition) is 4. The molecular weight excluding hydrogens is 182 g/mol. The van der Waals surface area contributed by atoms with E-state index in [0.717, 1.165) is 19.4 Å². The maximum atomic E-state index is 5.82. The quantitative estimate of drug-likeness (QED) is 0.763. The van der Waals surface area contributed by atoms with Crippen molar-refractivity contribution in [1.82, 2.24) is 10.3 Å². The standard InChI is InChI=1S/C9H15N3S/c10-7-1-2-8(5-7)12-6-9-11-3-4-13-9/h3-4,7-8,12H,1-2,5-6,10H2. The van der Waals surface area contributed by atoms with Crippen molar-refractivity contribution in [2.75, 3.05) is 0 Å². The summed E-state index contributed by atoms with van der Waals surface area (Å²) >= 11 is 1.70. The molecule has 3 N–H and O–H groups in total. The minimum Gasteiger partial charge on any atom is -0.328 e. The zero-order valence-electron chi connectivity index (χ0n) is 7.57. The van der Waals surface area contributed by atoms with E-state index < -0.39 is 0 Å². The Morgan fingerprint density at radius 3 is 3.15 bits per heavy atom. The summed E-state index contributed by atoms with van der Waals surface area (Å²) < 4.78 is 0. The monoisotopic (exact) mass is 197 g/mol. The van der Waals surface area contributed by atoms with Gasteiger partial charge < -0.3 is 11.1 Å². The first-order chi connectivity index (χ1) is 6.34. The number of nitrogens with two attached hydrogens (primary N) is 1. The fourth-order valence-electron chi connectivity index (χ4n) is 1.77. The van der Waals surface area contributed by atoms with E-state index in [2.05, 4.69) is 10.3 Å². The highest BCUT2D eigenvalue weighted by Gasteiger charge is 2.20. The number of thiazole rings is 1. The Kier molecular flexibility index (Phi) is 2.93. The second-order valence-electron chi connectivity index (χ2n) is 3.58. The first kappa shape index (κ1) is 9.12. The van der Waals surface area contributed by atoms with Crippen LogP contribution in [0.25, 0.3) is 0 Å². The van der Waals surface area contributed by atoms with Gasteiger partial charge in [0.2, 0.25) is 0 Å².